The number of nitrogens with one attached hydrogen (secondary N) is 1. The van der Waals surface area contributed by atoms with Gasteiger partial charge >= 0.3 is 0 Å². The number of fused-ring (bicyclic) bond motifs is 1. The van der Waals surface area contributed by atoms with E-state index in [2.05, 4.69) is 17.9 Å². The Morgan fingerprint density at radius 2 is 2.07 bits per heavy atom. The van der Waals surface area contributed by atoms with Gasteiger partial charge in [-0.05, 0) is 18.6 Å². The fourth-order valence-electron chi connectivity index (χ4n) is 1.42. The van der Waals surface area contributed by atoms with Crippen LogP contribution in [0.25, 0.3) is 0 Å². The lowest BCUT2D eigenvalue weighted by Gasteiger charge is -2.09. The van der Waals surface area contributed by atoms with Crippen molar-refractivity contribution in [2.45, 2.75) is 6.92 Å². The van der Waals surface area contributed by atoms with Crippen LogP contribution in [-0.4, -0.2) is 19.1 Å². The smallest absolute Gasteiger partial charge is 0.231 e. The first-order valence-electron chi connectivity index (χ1n) is 4.56. The van der Waals surface area contributed by atoms with Crippen molar-refractivity contribution in [2.24, 2.45) is 0 Å². The molecule has 0 aromatic heterocycles. The van der Waals surface area contributed by atoms with Gasteiger partial charge in [0, 0.05) is 24.1 Å². The SMILES string of the molecule is Cc1cc2c(cc1NCCS)OCO2. The summed E-state index contributed by atoms with van der Waals surface area (Å²) in [4.78, 5) is 0. The molecule has 0 saturated heterocycles. The van der Waals surface area contributed by atoms with Crippen LogP contribution in [0.5, 0.6) is 11.5 Å². The van der Waals surface area contributed by atoms with Gasteiger partial charge in [0.15, 0.2) is 11.5 Å². The predicted molar refractivity (Wildman–Crippen MR) is 59.6 cm³/mol. The summed E-state index contributed by atoms with van der Waals surface area (Å²) in [6.07, 6.45) is 0. The Morgan fingerprint density at radius 1 is 1.36 bits per heavy atom. The first kappa shape index (κ1) is 9.52. The zero-order chi connectivity index (χ0) is 9.97. The maximum Gasteiger partial charge on any atom is 0.231 e. The average Bonchev–Trinajstić information content (AvgIpc) is 2.61. The van der Waals surface area contributed by atoms with Crippen molar-refractivity contribution in [3.05, 3.63) is 17.7 Å². The van der Waals surface area contributed by atoms with Gasteiger partial charge in [0.05, 0.1) is 0 Å². The van der Waals surface area contributed by atoms with Crippen LogP contribution in [0.3, 0.4) is 0 Å². The van der Waals surface area contributed by atoms with Crippen LogP contribution in [0, 0.1) is 6.92 Å². The van der Waals surface area contributed by atoms with E-state index in [-0.39, 0.29) is 0 Å². The molecule has 0 unspecified atom stereocenters. The minimum absolute atomic E-state index is 0.324. The Balaban J connectivity index is 2.23. The Morgan fingerprint density at radius 3 is 2.79 bits per heavy atom. The maximum atomic E-state index is 5.29. The second-order valence-corrected chi connectivity index (χ2v) is 3.62. The number of rotatable bonds is 3. The van der Waals surface area contributed by atoms with Crippen molar-refractivity contribution in [3.63, 3.8) is 0 Å². The van der Waals surface area contributed by atoms with E-state index in [1.165, 1.54) is 0 Å². The third kappa shape index (κ3) is 1.75. The summed E-state index contributed by atoms with van der Waals surface area (Å²) >= 11 is 4.15. The Labute approximate surface area is 88.8 Å². The summed E-state index contributed by atoms with van der Waals surface area (Å²) in [5.74, 6) is 2.46. The van der Waals surface area contributed by atoms with Gasteiger partial charge in [-0.15, -0.1) is 0 Å². The number of ether oxygens (including phenoxy) is 2. The molecule has 0 amide bonds. The molecule has 76 valence electrons. The van der Waals surface area contributed by atoms with Crippen molar-refractivity contribution in [1.82, 2.24) is 0 Å². The average molecular weight is 211 g/mol. The van der Waals surface area contributed by atoms with Crippen molar-refractivity contribution in [1.29, 1.82) is 0 Å². The van der Waals surface area contributed by atoms with Gasteiger partial charge in [-0.2, -0.15) is 12.6 Å². The molecule has 1 aromatic rings. The Bertz CT molecular complexity index is 341. The summed E-state index contributed by atoms with van der Waals surface area (Å²) in [6, 6.07) is 3.96. The molecule has 4 heteroatoms. The lowest BCUT2D eigenvalue weighted by atomic mass is 10.2. The van der Waals surface area contributed by atoms with Crippen LogP contribution < -0.4 is 14.8 Å². The molecule has 1 N–H and O–H groups in total. The minimum atomic E-state index is 0.324. The second-order valence-electron chi connectivity index (χ2n) is 3.17. The highest BCUT2D eigenvalue weighted by Gasteiger charge is 2.15. The number of aryl methyl sites for hydroxylation is 1. The highest BCUT2D eigenvalue weighted by atomic mass is 32.1. The fourth-order valence-corrected chi connectivity index (χ4v) is 1.54. The van der Waals surface area contributed by atoms with E-state index in [0.29, 0.717) is 6.79 Å². The quantitative estimate of drug-likeness (QED) is 0.750. The molecule has 0 fully saturated rings. The zero-order valence-corrected chi connectivity index (χ0v) is 8.93. The summed E-state index contributed by atoms with van der Waals surface area (Å²) < 4.78 is 10.6. The highest BCUT2D eigenvalue weighted by Crippen LogP contribution is 2.36. The van der Waals surface area contributed by atoms with Gasteiger partial charge in [-0.1, -0.05) is 0 Å². The molecular weight excluding hydrogens is 198 g/mol. The Kier molecular flexibility index (Phi) is 2.72. The molecule has 14 heavy (non-hydrogen) atoms. The van der Waals surface area contributed by atoms with Gasteiger partial charge in [-0.25, -0.2) is 0 Å². The van der Waals surface area contributed by atoms with Crippen molar-refractivity contribution < 1.29 is 9.47 Å². The van der Waals surface area contributed by atoms with Crippen LogP contribution in [0.4, 0.5) is 5.69 Å². The number of hydrogen-bond acceptors (Lipinski definition) is 4. The molecule has 1 aromatic carbocycles. The predicted octanol–water partition coefficient (Wildman–Crippen LogP) is 2.07. The molecule has 0 bridgehead atoms. The number of anilines is 1. The Hall–Kier alpha value is -1.03. The van der Waals surface area contributed by atoms with Crippen molar-refractivity contribution in [3.8, 4) is 11.5 Å². The fraction of sp³-hybridized carbons (Fsp3) is 0.400. The zero-order valence-electron chi connectivity index (χ0n) is 8.04. The van der Waals surface area contributed by atoms with Crippen molar-refractivity contribution >= 4 is 18.3 Å². The molecule has 0 aliphatic carbocycles. The molecule has 0 atom stereocenters. The molecular formula is C10H13NO2S. The molecule has 0 saturated carbocycles. The van der Waals surface area contributed by atoms with E-state index in [9.17, 15) is 0 Å². The van der Waals surface area contributed by atoms with Crippen LogP contribution in [0.15, 0.2) is 12.1 Å². The first-order chi connectivity index (χ1) is 6.81. The normalized spacial score (nSPS) is 13.0. The first-order valence-corrected chi connectivity index (χ1v) is 5.19. The van der Waals surface area contributed by atoms with Crippen LogP contribution >= 0.6 is 12.6 Å². The third-order valence-electron chi connectivity index (χ3n) is 2.15. The lowest BCUT2D eigenvalue weighted by Crippen LogP contribution is -2.03. The number of hydrogen-bond donors (Lipinski definition) is 2. The number of thiol groups is 1. The van der Waals surface area contributed by atoms with Gasteiger partial charge in [0.25, 0.3) is 0 Å². The van der Waals surface area contributed by atoms with Crippen molar-refractivity contribution in [2.75, 3.05) is 24.4 Å². The van der Waals surface area contributed by atoms with E-state index >= 15 is 0 Å². The summed E-state index contributed by atoms with van der Waals surface area (Å²) in [5.41, 5.74) is 2.25. The monoisotopic (exact) mass is 211 g/mol. The summed E-state index contributed by atoms with van der Waals surface area (Å²) in [7, 11) is 0. The molecule has 2 rings (SSSR count). The molecule has 3 nitrogen and oxygen atoms in total. The van der Waals surface area contributed by atoms with Gasteiger partial charge in [-0.3, -0.25) is 0 Å². The number of benzene rings is 1. The van der Waals surface area contributed by atoms with E-state index < -0.39 is 0 Å². The van der Waals surface area contributed by atoms with E-state index in [4.69, 9.17) is 9.47 Å². The van der Waals surface area contributed by atoms with Crippen LogP contribution in [0.2, 0.25) is 0 Å². The lowest BCUT2D eigenvalue weighted by molar-refractivity contribution is 0.174. The maximum absolute atomic E-state index is 5.29. The molecule has 1 aliphatic heterocycles. The van der Waals surface area contributed by atoms with Gasteiger partial charge in [0.2, 0.25) is 6.79 Å². The topological polar surface area (TPSA) is 30.5 Å². The van der Waals surface area contributed by atoms with Gasteiger partial charge in [0.1, 0.15) is 0 Å². The largest absolute Gasteiger partial charge is 0.454 e. The van der Waals surface area contributed by atoms with Gasteiger partial charge < -0.3 is 14.8 Å². The minimum Gasteiger partial charge on any atom is -0.454 e. The summed E-state index contributed by atoms with van der Waals surface area (Å²) in [5, 5.41) is 3.28. The molecule has 1 aliphatic rings. The molecule has 1 heterocycles. The van der Waals surface area contributed by atoms with Crippen LogP contribution in [-0.2, 0) is 0 Å². The van der Waals surface area contributed by atoms with E-state index in [1.807, 2.05) is 19.1 Å². The highest BCUT2D eigenvalue weighted by molar-refractivity contribution is 7.80. The molecule has 0 radical (unpaired) electrons. The van der Waals surface area contributed by atoms with E-state index in [0.717, 1.165) is 35.0 Å². The van der Waals surface area contributed by atoms with Crippen LogP contribution in [0.1, 0.15) is 5.56 Å². The second kappa shape index (κ2) is 4.00. The standard InChI is InChI=1S/C10H13NO2S/c1-7-4-9-10(13-6-12-9)5-8(7)11-2-3-14/h4-5,11,14H,2-3,6H2,1H3. The third-order valence-corrected chi connectivity index (χ3v) is 2.37. The summed E-state index contributed by atoms with van der Waals surface area (Å²) in [6.45, 7) is 3.22. The van der Waals surface area contributed by atoms with E-state index in [1.54, 1.807) is 0 Å². The molecule has 0 spiro atoms.